The molecule has 0 unspecified atom stereocenters. The van der Waals surface area contributed by atoms with E-state index in [-0.39, 0.29) is 0 Å². The first kappa shape index (κ1) is 13.5. The van der Waals surface area contributed by atoms with Crippen molar-refractivity contribution in [3.63, 3.8) is 0 Å². The van der Waals surface area contributed by atoms with Gasteiger partial charge in [0.05, 0.1) is 5.69 Å². The highest BCUT2D eigenvalue weighted by molar-refractivity contribution is 5.02. The van der Waals surface area contributed by atoms with Crippen molar-refractivity contribution >= 4 is 0 Å². The predicted octanol–water partition coefficient (Wildman–Crippen LogP) is 2.44. The molecule has 1 aliphatic carbocycles. The number of nitrogens with one attached hydrogen (secondary N) is 1. The zero-order valence-corrected chi connectivity index (χ0v) is 11.4. The average Bonchev–Trinajstić information content (AvgIpc) is 2.45. The van der Waals surface area contributed by atoms with Gasteiger partial charge in [-0.25, -0.2) is 0 Å². The van der Waals surface area contributed by atoms with Crippen molar-refractivity contribution in [2.24, 2.45) is 0 Å². The lowest BCUT2D eigenvalue weighted by Crippen LogP contribution is -2.38. The molecule has 100 valence electrons. The van der Waals surface area contributed by atoms with Gasteiger partial charge >= 0.3 is 0 Å². The summed E-state index contributed by atoms with van der Waals surface area (Å²) in [6.45, 7) is 3.06. The molecule has 1 aliphatic rings. The number of hydrogen-bond acceptors (Lipinski definition) is 3. The molecule has 2 rings (SSSR count). The van der Waals surface area contributed by atoms with E-state index in [4.69, 9.17) is 0 Å². The van der Waals surface area contributed by atoms with Crippen LogP contribution in [-0.4, -0.2) is 36.1 Å². The molecule has 3 heteroatoms. The van der Waals surface area contributed by atoms with Gasteiger partial charge in [-0.2, -0.15) is 0 Å². The van der Waals surface area contributed by atoms with Gasteiger partial charge in [-0.3, -0.25) is 4.98 Å². The van der Waals surface area contributed by atoms with Crippen LogP contribution in [0.15, 0.2) is 24.4 Å². The second-order valence-corrected chi connectivity index (χ2v) is 5.27. The van der Waals surface area contributed by atoms with Gasteiger partial charge in [-0.15, -0.1) is 0 Å². The summed E-state index contributed by atoms with van der Waals surface area (Å²) in [7, 11) is 2.26. The van der Waals surface area contributed by atoms with Crippen molar-refractivity contribution in [2.75, 3.05) is 20.1 Å². The molecule has 1 heterocycles. The highest BCUT2D eigenvalue weighted by atomic mass is 15.1. The molecule has 1 fully saturated rings. The average molecular weight is 247 g/mol. The Balaban J connectivity index is 1.60. The van der Waals surface area contributed by atoms with Crippen molar-refractivity contribution < 1.29 is 0 Å². The highest BCUT2D eigenvalue weighted by Gasteiger charge is 2.16. The smallest absolute Gasteiger partial charge is 0.0541 e. The summed E-state index contributed by atoms with van der Waals surface area (Å²) in [5.74, 6) is 0. The summed E-state index contributed by atoms with van der Waals surface area (Å²) in [6.07, 6.45) is 8.88. The largest absolute Gasteiger partial charge is 0.310 e. The van der Waals surface area contributed by atoms with Crippen LogP contribution in [-0.2, 0) is 6.54 Å². The van der Waals surface area contributed by atoms with Crippen LogP contribution >= 0.6 is 0 Å². The van der Waals surface area contributed by atoms with E-state index in [9.17, 15) is 0 Å². The van der Waals surface area contributed by atoms with E-state index in [1.807, 2.05) is 18.3 Å². The van der Waals surface area contributed by atoms with Gasteiger partial charge in [0.15, 0.2) is 0 Å². The number of aromatic nitrogens is 1. The SMILES string of the molecule is CN(CCNCc1ccccn1)C1CCCCC1. The maximum Gasteiger partial charge on any atom is 0.0541 e. The standard InChI is InChI=1S/C15H25N3/c1-18(15-8-3-2-4-9-15)12-11-16-13-14-7-5-6-10-17-14/h5-7,10,15-16H,2-4,8-9,11-13H2,1H3. The van der Waals surface area contributed by atoms with Crippen LogP contribution < -0.4 is 5.32 Å². The molecule has 3 nitrogen and oxygen atoms in total. The van der Waals surface area contributed by atoms with Gasteiger partial charge in [0.1, 0.15) is 0 Å². The van der Waals surface area contributed by atoms with Crippen molar-refractivity contribution in [1.82, 2.24) is 15.2 Å². The van der Waals surface area contributed by atoms with E-state index in [1.165, 1.54) is 32.1 Å². The molecular formula is C15H25N3. The molecule has 0 spiro atoms. The number of rotatable bonds is 6. The molecule has 1 aromatic rings. The van der Waals surface area contributed by atoms with Gasteiger partial charge in [-0.1, -0.05) is 25.3 Å². The Bertz CT molecular complexity index is 320. The molecule has 18 heavy (non-hydrogen) atoms. The lowest BCUT2D eigenvalue weighted by Gasteiger charge is -2.31. The van der Waals surface area contributed by atoms with Crippen LogP contribution in [0, 0.1) is 0 Å². The number of pyridine rings is 1. The minimum atomic E-state index is 0.815. The Hall–Kier alpha value is -0.930. The molecule has 0 radical (unpaired) electrons. The highest BCUT2D eigenvalue weighted by Crippen LogP contribution is 2.21. The Kier molecular flexibility index (Phi) is 5.62. The lowest BCUT2D eigenvalue weighted by atomic mass is 9.94. The van der Waals surface area contributed by atoms with Gasteiger partial charge in [-0.05, 0) is 32.0 Å². The third-order valence-electron chi connectivity index (χ3n) is 3.87. The molecular weight excluding hydrogens is 222 g/mol. The molecule has 1 saturated carbocycles. The van der Waals surface area contributed by atoms with E-state index in [0.717, 1.165) is 31.4 Å². The van der Waals surface area contributed by atoms with Crippen molar-refractivity contribution in [2.45, 2.75) is 44.7 Å². The van der Waals surface area contributed by atoms with Gasteiger partial charge in [0.25, 0.3) is 0 Å². The zero-order chi connectivity index (χ0) is 12.6. The number of hydrogen-bond donors (Lipinski definition) is 1. The number of likely N-dealkylation sites (N-methyl/N-ethyl adjacent to an activating group) is 1. The lowest BCUT2D eigenvalue weighted by molar-refractivity contribution is 0.192. The molecule has 0 atom stereocenters. The molecule has 1 N–H and O–H groups in total. The van der Waals surface area contributed by atoms with Crippen LogP contribution in [0.2, 0.25) is 0 Å². The molecule has 1 aromatic heterocycles. The Morgan fingerprint density at radius 3 is 2.83 bits per heavy atom. The normalized spacial score (nSPS) is 17.2. The van der Waals surface area contributed by atoms with Gasteiger partial charge in [0.2, 0.25) is 0 Å². The van der Waals surface area contributed by atoms with Crippen LogP contribution in [0.4, 0.5) is 0 Å². The van der Waals surface area contributed by atoms with E-state index in [2.05, 4.69) is 28.3 Å². The van der Waals surface area contributed by atoms with Crippen LogP contribution in [0.5, 0.6) is 0 Å². The fourth-order valence-corrected chi connectivity index (χ4v) is 2.68. The Morgan fingerprint density at radius 1 is 1.28 bits per heavy atom. The van der Waals surface area contributed by atoms with Gasteiger partial charge in [0, 0.05) is 31.9 Å². The fourth-order valence-electron chi connectivity index (χ4n) is 2.68. The minimum Gasteiger partial charge on any atom is -0.310 e. The maximum absolute atomic E-state index is 4.31. The molecule has 0 saturated heterocycles. The van der Waals surface area contributed by atoms with E-state index >= 15 is 0 Å². The summed E-state index contributed by atoms with van der Waals surface area (Å²) in [5, 5.41) is 3.47. The third-order valence-corrected chi connectivity index (χ3v) is 3.87. The first-order valence-corrected chi connectivity index (χ1v) is 7.17. The van der Waals surface area contributed by atoms with E-state index < -0.39 is 0 Å². The minimum absolute atomic E-state index is 0.815. The van der Waals surface area contributed by atoms with E-state index in [0.29, 0.717) is 0 Å². The van der Waals surface area contributed by atoms with Gasteiger partial charge < -0.3 is 10.2 Å². The summed E-state index contributed by atoms with van der Waals surface area (Å²) >= 11 is 0. The van der Waals surface area contributed by atoms with Crippen LogP contribution in [0.1, 0.15) is 37.8 Å². The van der Waals surface area contributed by atoms with Crippen molar-refractivity contribution in [3.05, 3.63) is 30.1 Å². The van der Waals surface area contributed by atoms with Crippen molar-refractivity contribution in [3.8, 4) is 0 Å². The summed E-state index contributed by atoms with van der Waals surface area (Å²) in [6, 6.07) is 6.88. The zero-order valence-electron chi connectivity index (χ0n) is 11.4. The van der Waals surface area contributed by atoms with Crippen LogP contribution in [0.25, 0.3) is 0 Å². The molecule has 0 aliphatic heterocycles. The molecule has 0 amide bonds. The number of nitrogens with zero attached hydrogens (tertiary/aromatic N) is 2. The second-order valence-electron chi connectivity index (χ2n) is 5.27. The Morgan fingerprint density at radius 2 is 2.11 bits per heavy atom. The van der Waals surface area contributed by atoms with E-state index in [1.54, 1.807) is 0 Å². The quantitative estimate of drug-likeness (QED) is 0.783. The summed E-state index contributed by atoms with van der Waals surface area (Å²) < 4.78 is 0. The monoisotopic (exact) mass is 247 g/mol. The van der Waals surface area contributed by atoms with Crippen LogP contribution in [0.3, 0.4) is 0 Å². The summed E-state index contributed by atoms with van der Waals surface area (Å²) in [4.78, 5) is 6.83. The summed E-state index contributed by atoms with van der Waals surface area (Å²) in [5.41, 5.74) is 1.12. The predicted molar refractivity (Wildman–Crippen MR) is 75.4 cm³/mol. The maximum atomic E-state index is 4.31. The Labute approximate surface area is 111 Å². The second kappa shape index (κ2) is 7.49. The molecule has 0 aromatic carbocycles. The first-order valence-electron chi connectivity index (χ1n) is 7.17. The van der Waals surface area contributed by atoms with Crippen molar-refractivity contribution in [1.29, 1.82) is 0 Å². The topological polar surface area (TPSA) is 28.2 Å². The fraction of sp³-hybridized carbons (Fsp3) is 0.667. The third kappa shape index (κ3) is 4.39. The first-order chi connectivity index (χ1) is 8.86. The molecule has 0 bridgehead atoms.